The average Bonchev–Trinajstić information content (AvgIpc) is 2.76. The van der Waals surface area contributed by atoms with Crippen LogP contribution in [0.25, 0.3) is 0 Å². The summed E-state index contributed by atoms with van der Waals surface area (Å²) in [4.78, 5) is 8.82. The number of imidazole rings is 1. The van der Waals surface area contributed by atoms with E-state index < -0.39 is 10.0 Å². The van der Waals surface area contributed by atoms with E-state index in [-0.39, 0.29) is 17.0 Å². The molecule has 1 heterocycles. The van der Waals surface area contributed by atoms with Crippen LogP contribution in [0, 0.1) is 5.92 Å². The first-order valence-corrected chi connectivity index (χ1v) is 7.95. The lowest BCUT2D eigenvalue weighted by molar-refractivity contribution is 0.314. The van der Waals surface area contributed by atoms with Crippen molar-refractivity contribution in [3.8, 4) is 0 Å². The van der Waals surface area contributed by atoms with E-state index in [2.05, 4.69) is 14.7 Å². The van der Waals surface area contributed by atoms with E-state index in [0.717, 1.165) is 0 Å². The van der Waals surface area contributed by atoms with Gasteiger partial charge in [0, 0.05) is 19.0 Å². The Kier molecular flexibility index (Phi) is 5.51. The molecule has 0 saturated carbocycles. The van der Waals surface area contributed by atoms with Crippen LogP contribution in [-0.4, -0.2) is 50.0 Å². The molecule has 0 aliphatic rings. The third kappa shape index (κ3) is 4.59. The smallest absolute Gasteiger partial charge is 0.257 e. The predicted molar refractivity (Wildman–Crippen MR) is 75.5 cm³/mol. The number of aryl methyl sites for hydroxylation is 1. The Labute approximate surface area is 115 Å². The molecule has 19 heavy (non-hydrogen) atoms. The van der Waals surface area contributed by atoms with Gasteiger partial charge in [-0.1, -0.05) is 20.8 Å². The molecule has 0 amide bonds. The Hall–Kier alpha value is -0.920. The van der Waals surface area contributed by atoms with Crippen molar-refractivity contribution in [1.82, 2.24) is 19.6 Å². The summed E-state index contributed by atoms with van der Waals surface area (Å²) >= 11 is 0. The van der Waals surface area contributed by atoms with Crippen LogP contribution in [0.3, 0.4) is 0 Å². The molecule has 1 rings (SSSR count). The van der Waals surface area contributed by atoms with Crippen LogP contribution in [0.2, 0.25) is 0 Å². The molecular weight excluding hydrogens is 264 g/mol. The van der Waals surface area contributed by atoms with Crippen LogP contribution in [0.4, 0.5) is 0 Å². The minimum absolute atomic E-state index is 0.131. The number of aromatic amines is 1. The SMILES string of the molecule is CCc1ncc(S(=O)(=O)NC(CN(C)C)C(C)C)[nH]1. The number of H-pyrrole nitrogens is 1. The van der Waals surface area contributed by atoms with Crippen molar-refractivity contribution >= 4 is 10.0 Å². The summed E-state index contributed by atoms with van der Waals surface area (Å²) in [6.07, 6.45) is 2.05. The van der Waals surface area contributed by atoms with E-state index in [1.54, 1.807) is 0 Å². The molecule has 1 aromatic rings. The van der Waals surface area contributed by atoms with Crippen molar-refractivity contribution in [3.63, 3.8) is 0 Å². The largest absolute Gasteiger partial charge is 0.332 e. The van der Waals surface area contributed by atoms with Crippen molar-refractivity contribution in [3.05, 3.63) is 12.0 Å². The molecule has 110 valence electrons. The Morgan fingerprint density at radius 2 is 2.05 bits per heavy atom. The highest BCUT2D eigenvalue weighted by atomic mass is 32.2. The summed E-state index contributed by atoms with van der Waals surface area (Å²) in [6, 6.07) is -0.131. The molecule has 0 spiro atoms. The summed E-state index contributed by atoms with van der Waals surface area (Å²) in [5.41, 5.74) is 0. The van der Waals surface area contributed by atoms with Crippen LogP contribution in [-0.2, 0) is 16.4 Å². The number of rotatable bonds is 7. The van der Waals surface area contributed by atoms with Gasteiger partial charge in [-0.2, -0.15) is 0 Å². The summed E-state index contributed by atoms with van der Waals surface area (Å²) in [5.74, 6) is 0.889. The summed E-state index contributed by atoms with van der Waals surface area (Å²) < 4.78 is 27.3. The fraction of sp³-hybridized carbons (Fsp3) is 0.750. The molecule has 0 saturated heterocycles. The molecule has 0 radical (unpaired) electrons. The molecule has 1 aromatic heterocycles. The van der Waals surface area contributed by atoms with Gasteiger partial charge in [0.25, 0.3) is 10.0 Å². The number of aromatic nitrogens is 2. The van der Waals surface area contributed by atoms with E-state index in [1.807, 2.05) is 39.8 Å². The number of hydrogen-bond acceptors (Lipinski definition) is 4. The highest BCUT2D eigenvalue weighted by Crippen LogP contribution is 2.10. The third-order valence-electron chi connectivity index (χ3n) is 2.90. The predicted octanol–water partition coefficient (Wildman–Crippen LogP) is 0.837. The van der Waals surface area contributed by atoms with Crippen molar-refractivity contribution in [1.29, 1.82) is 0 Å². The van der Waals surface area contributed by atoms with Crippen LogP contribution in [0.15, 0.2) is 11.2 Å². The van der Waals surface area contributed by atoms with Crippen LogP contribution in [0.5, 0.6) is 0 Å². The van der Waals surface area contributed by atoms with Gasteiger partial charge >= 0.3 is 0 Å². The van der Waals surface area contributed by atoms with Gasteiger partial charge in [-0.3, -0.25) is 0 Å². The van der Waals surface area contributed by atoms with Gasteiger partial charge in [-0.05, 0) is 20.0 Å². The maximum atomic E-state index is 12.3. The van der Waals surface area contributed by atoms with Crippen molar-refractivity contribution in [2.24, 2.45) is 5.92 Å². The van der Waals surface area contributed by atoms with E-state index in [4.69, 9.17) is 0 Å². The first kappa shape index (κ1) is 16.1. The van der Waals surface area contributed by atoms with Crippen LogP contribution in [0.1, 0.15) is 26.6 Å². The second kappa shape index (κ2) is 6.49. The molecular formula is C12H24N4O2S. The molecule has 0 fully saturated rings. The van der Waals surface area contributed by atoms with Gasteiger partial charge in [-0.15, -0.1) is 0 Å². The summed E-state index contributed by atoms with van der Waals surface area (Å²) in [6.45, 7) is 6.58. The lowest BCUT2D eigenvalue weighted by Gasteiger charge is -2.25. The highest BCUT2D eigenvalue weighted by Gasteiger charge is 2.24. The molecule has 0 aliphatic carbocycles. The Morgan fingerprint density at radius 1 is 1.42 bits per heavy atom. The van der Waals surface area contributed by atoms with E-state index in [0.29, 0.717) is 18.8 Å². The molecule has 0 aliphatic heterocycles. The fourth-order valence-electron chi connectivity index (χ4n) is 1.70. The number of nitrogens with zero attached hydrogens (tertiary/aromatic N) is 2. The molecule has 0 aromatic carbocycles. The quantitative estimate of drug-likeness (QED) is 0.779. The number of hydrogen-bond donors (Lipinski definition) is 2. The van der Waals surface area contributed by atoms with Gasteiger partial charge in [0.1, 0.15) is 5.82 Å². The van der Waals surface area contributed by atoms with Gasteiger partial charge < -0.3 is 9.88 Å². The van der Waals surface area contributed by atoms with Crippen molar-refractivity contribution in [2.75, 3.05) is 20.6 Å². The first-order valence-electron chi connectivity index (χ1n) is 6.47. The normalized spacial score (nSPS) is 14.3. The third-order valence-corrected chi connectivity index (χ3v) is 4.30. The lowest BCUT2D eigenvalue weighted by atomic mass is 10.1. The van der Waals surface area contributed by atoms with Crippen LogP contribution < -0.4 is 4.72 Å². The maximum Gasteiger partial charge on any atom is 0.257 e. The molecule has 2 N–H and O–H groups in total. The van der Waals surface area contributed by atoms with Gasteiger partial charge in [0.15, 0.2) is 5.03 Å². The maximum absolute atomic E-state index is 12.3. The van der Waals surface area contributed by atoms with E-state index in [9.17, 15) is 8.42 Å². The Bertz CT molecular complexity index is 494. The number of likely N-dealkylation sites (N-methyl/N-ethyl adjacent to an activating group) is 1. The zero-order chi connectivity index (χ0) is 14.6. The Balaban J connectivity index is 2.87. The van der Waals surface area contributed by atoms with E-state index in [1.165, 1.54) is 6.20 Å². The van der Waals surface area contributed by atoms with Gasteiger partial charge in [-0.25, -0.2) is 18.1 Å². The number of nitrogens with one attached hydrogen (secondary N) is 2. The standard InChI is InChI=1S/C12H24N4O2S/c1-6-11-13-7-12(14-11)19(17,18)15-10(9(2)3)8-16(4)5/h7,9-10,15H,6,8H2,1-5H3,(H,13,14). The molecule has 1 unspecified atom stereocenters. The van der Waals surface area contributed by atoms with Crippen LogP contribution >= 0.6 is 0 Å². The Morgan fingerprint density at radius 3 is 2.47 bits per heavy atom. The fourth-order valence-corrected chi connectivity index (χ4v) is 3.02. The van der Waals surface area contributed by atoms with Crippen molar-refractivity contribution < 1.29 is 8.42 Å². The average molecular weight is 288 g/mol. The molecule has 7 heteroatoms. The van der Waals surface area contributed by atoms with Gasteiger partial charge in [0.05, 0.1) is 6.20 Å². The van der Waals surface area contributed by atoms with Crippen molar-refractivity contribution in [2.45, 2.75) is 38.3 Å². The minimum Gasteiger partial charge on any atom is -0.332 e. The molecule has 6 nitrogen and oxygen atoms in total. The summed E-state index contributed by atoms with van der Waals surface area (Å²) in [7, 11) is 0.317. The van der Waals surface area contributed by atoms with E-state index >= 15 is 0 Å². The monoisotopic (exact) mass is 288 g/mol. The molecule has 0 bridgehead atoms. The second-order valence-corrected chi connectivity index (χ2v) is 6.96. The zero-order valence-corrected chi connectivity index (χ0v) is 13.1. The minimum atomic E-state index is -3.53. The number of sulfonamides is 1. The first-order chi connectivity index (χ1) is 8.76. The summed E-state index contributed by atoms with van der Waals surface area (Å²) in [5, 5.41) is 0.133. The zero-order valence-electron chi connectivity index (χ0n) is 12.3. The topological polar surface area (TPSA) is 78.1 Å². The lowest BCUT2D eigenvalue weighted by Crippen LogP contribution is -2.44. The molecule has 1 atom stereocenters. The van der Waals surface area contributed by atoms with Gasteiger partial charge in [0.2, 0.25) is 0 Å². The highest BCUT2D eigenvalue weighted by molar-refractivity contribution is 7.89. The second-order valence-electron chi connectivity index (χ2n) is 5.28.